The highest BCUT2D eigenvalue weighted by Gasteiger charge is 1.99. The zero-order valence-corrected chi connectivity index (χ0v) is 8.40. The van der Waals surface area contributed by atoms with Crippen LogP contribution in [0.3, 0.4) is 0 Å². The molecular formula is C11H11NO3. The van der Waals surface area contributed by atoms with Gasteiger partial charge >= 0.3 is 0 Å². The van der Waals surface area contributed by atoms with E-state index < -0.39 is 5.91 Å². The Bertz CT molecular complexity index is 395. The van der Waals surface area contributed by atoms with Crippen LogP contribution in [0.5, 0.6) is 5.75 Å². The van der Waals surface area contributed by atoms with Gasteiger partial charge in [0.15, 0.2) is 0 Å². The molecule has 78 valence electrons. The minimum absolute atomic E-state index is 0.0865. The molecule has 15 heavy (non-hydrogen) atoms. The molecule has 0 bridgehead atoms. The molecule has 1 rings (SSSR count). The van der Waals surface area contributed by atoms with E-state index in [1.54, 1.807) is 6.07 Å². The maximum atomic E-state index is 10.8. The van der Waals surface area contributed by atoms with Crippen molar-refractivity contribution >= 4 is 12.0 Å². The fraction of sp³-hybridized carbons (Fsp3) is 0.273. The minimum Gasteiger partial charge on any atom is -0.493 e. The predicted molar refractivity (Wildman–Crippen MR) is 54.4 cm³/mol. The van der Waals surface area contributed by atoms with Crippen molar-refractivity contribution in [2.24, 2.45) is 4.99 Å². The van der Waals surface area contributed by atoms with Gasteiger partial charge in [0.25, 0.3) is 5.91 Å². The van der Waals surface area contributed by atoms with E-state index in [4.69, 9.17) is 4.74 Å². The van der Waals surface area contributed by atoms with E-state index in [0.29, 0.717) is 5.75 Å². The zero-order chi connectivity index (χ0) is 11.1. The van der Waals surface area contributed by atoms with Crippen LogP contribution in [0.1, 0.15) is 12.0 Å². The van der Waals surface area contributed by atoms with Crippen LogP contribution < -0.4 is 4.74 Å². The number of amides is 1. The van der Waals surface area contributed by atoms with Crippen LogP contribution in [0.15, 0.2) is 29.3 Å². The molecule has 1 aromatic carbocycles. The number of carbonyl (C=O) groups excluding carboxylic acids is 2. The maximum Gasteiger partial charge on any atom is 0.259 e. The molecule has 0 fully saturated rings. The molecule has 0 aliphatic carbocycles. The third-order valence-corrected chi connectivity index (χ3v) is 1.74. The first kappa shape index (κ1) is 11.1. The van der Waals surface area contributed by atoms with Gasteiger partial charge in [-0.1, -0.05) is 12.1 Å². The van der Waals surface area contributed by atoms with Crippen molar-refractivity contribution in [1.29, 1.82) is 0 Å². The van der Waals surface area contributed by atoms with E-state index in [1.165, 1.54) is 6.08 Å². The number of hydrogen-bond acceptors (Lipinski definition) is 3. The van der Waals surface area contributed by atoms with Gasteiger partial charge in [-0.2, -0.15) is 0 Å². The smallest absolute Gasteiger partial charge is 0.259 e. The van der Waals surface area contributed by atoms with Gasteiger partial charge in [0.05, 0.1) is 13.0 Å². The Morgan fingerprint density at radius 2 is 2.33 bits per heavy atom. The van der Waals surface area contributed by atoms with E-state index in [-0.39, 0.29) is 13.0 Å². The Balaban J connectivity index is 2.38. The van der Waals surface area contributed by atoms with Crippen LogP contribution in [-0.4, -0.2) is 18.6 Å². The van der Waals surface area contributed by atoms with Crippen LogP contribution in [0, 0.1) is 6.92 Å². The van der Waals surface area contributed by atoms with Crippen molar-refractivity contribution in [3.63, 3.8) is 0 Å². The number of carbonyl (C=O) groups is 1. The quantitative estimate of drug-likeness (QED) is 0.554. The standard InChI is InChI=1S/C11H11NO3/c1-9-3-2-4-10(7-9)15-6-5-11(14)12-8-13/h2-4,7H,5-6H2,1H3. The lowest BCUT2D eigenvalue weighted by Crippen LogP contribution is -2.03. The summed E-state index contributed by atoms with van der Waals surface area (Å²) < 4.78 is 5.29. The molecule has 0 unspecified atom stereocenters. The van der Waals surface area contributed by atoms with Crippen molar-refractivity contribution in [1.82, 2.24) is 0 Å². The Labute approximate surface area is 87.6 Å². The van der Waals surface area contributed by atoms with Crippen LogP contribution in [0.25, 0.3) is 0 Å². The van der Waals surface area contributed by atoms with Crippen molar-refractivity contribution in [3.8, 4) is 5.75 Å². The Hall–Kier alpha value is -1.93. The van der Waals surface area contributed by atoms with Crippen LogP contribution in [-0.2, 0) is 9.59 Å². The topological polar surface area (TPSA) is 55.7 Å². The van der Waals surface area contributed by atoms with E-state index in [2.05, 4.69) is 4.99 Å². The molecule has 0 aliphatic heterocycles. The van der Waals surface area contributed by atoms with Gasteiger partial charge in [-0.25, -0.2) is 4.79 Å². The van der Waals surface area contributed by atoms with E-state index in [1.807, 2.05) is 25.1 Å². The lowest BCUT2D eigenvalue weighted by atomic mass is 10.2. The average Bonchev–Trinajstić information content (AvgIpc) is 2.18. The van der Waals surface area contributed by atoms with Crippen LogP contribution >= 0.6 is 0 Å². The van der Waals surface area contributed by atoms with Gasteiger partial charge < -0.3 is 4.74 Å². The fourth-order valence-corrected chi connectivity index (χ4v) is 1.07. The average molecular weight is 205 g/mol. The number of nitrogens with zero attached hydrogens (tertiary/aromatic N) is 1. The summed E-state index contributed by atoms with van der Waals surface area (Å²) in [7, 11) is 0. The maximum absolute atomic E-state index is 10.8. The summed E-state index contributed by atoms with van der Waals surface area (Å²) in [5, 5.41) is 0. The minimum atomic E-state index is -0.516. The SMILES string of the molecule is Cc1cccc(OCCC(=O)N=C=O)c1. The molecule has 1 amide bonds. The summed E-state index contributed by atoms with van der Waals surface area (Å²) in [4.78, 5) is 23.5. The lowest BCUT2D eigenvalue weighted by molar-refractivity contribution is -0.118. The van der Waals surface area contributed by atoms with E-state index >= 15 is 0 Å². The third-order valence-electron chi connectivity index (χ3n) is 1.74. The van der Waals surface area contributed by atoms with Gasteiger partial charge in [0.1, 0.15) is 5.75 Å². The molecule has 0 heterocycles. The monoisotopic (exact) mass is 205 g/mol. The van der Waals surface area contributed by atoms with Crippen LogP contribution in [0.2, 0.25) is 0 Å². The van der Waals surface area contributed by atoms with E-state index in [0.717, 1.165) is 5.56 Å². The molecule has 0 saturated heterocycles. The number of isocyanates is 1. The van der Waals surface area contributed by atoms with Gasteiger partial charge in [0.2, 0.25) is 6.08 Å². The van der Waals surface area contributed by atoms with Gasteiger partial charge in [0, 0.05) is 0 Å². The van der Waals surface area contributed by atoms with Gasteiger partial charge in [-0.3, -0.25) is 4.79 Å². The largest absolute Gasteiger partial charge is 0.493 e. The highest BCUT2D eigenvalue weighted by Crippen LogP contribution is 2.12. The number of rotatable bonds is 4. The fourth-order valence-electron chi connectivity index (χ4n) is 1.07. The van der Waals surface area contributed by atoms with Gasteiger partial charge in [-0.15, -0.1) is 4.99 Å². The summed E-state index contributed by atoms with van der Waals surface area (Å²) in [6.45, 7) is 2.17. The second-order valence-corrected chi connectivity index (χ2v) is 3.01. The summed E-state index contributed by atoms with van der Waals surface area (Å²) in [5.41, 5.74) is 1.09. The number of aryl methyl sites for hydroxylation is 1. The number of benzene rings is 1. The molecule has 4 nitrogen and oxygen atoms in total. The highest BCUT2D eigenvalue weighted by atomic mass is 16.5. The third kappa shape index (κ3) is 4.20. The second kappa shape index (κ2) is 5.73. The molecule has 0 aliphatic rings. The lowest BCUT2D eigenvalue weighted by Gasteiger charge is -2.04. The van der Waals surface area contributed by atoms with Crippen LogP contribution in [0.4, 0.5) is 0 Å². The summed E-state index contributed by atoms with van der Waals surface area (Å²) in [6.07, 6.45) is 1.28. The second-order valence-electron chi connectivity index (χ2n) is 3.01. The van der Waals surface area contributed by atoms with Crippen molar-refractivity contribution in [2.75, 3.05) is 6.61 Å². The molecular weight excluding hydrogens is 194 g/mol. The Morgan fingerprint density at radius 3 is 3.00 bits per heavy atom. The molecule has 0 spiro atoms. The number of aliphatic imine (C=N–C) groups is 1. The summed E-state index contributed by atoms with van der Waals surface area (Å²) in [6, 6.07) is 7.50. The first-order chi connectivity index (χ1) is 7.22. The zero-order valence-electron chi connectivity index (χ0n) is 8.40. The molecule has 4 heteroatoms. The molecule has 0 atom stereocenters. The van der Waals surface area contributed by atoms with Crippen molar-refractivity contribution in [3.05, 3.63) is 29.8 Å². The van der Waals surface area contributed by atoms with Crippen molar-refractivity contribution < 1.29 is 14.3 Å². The van der Waals surface area contributed by atoms with E-state index in [9.17, 15) is 9.59 Å². The predicted octanol–water partition coefficient (Wildman–Crippen LogP) is 1.63. The molecule has 1 aromatic rings. The van der Waals surface area contributed by atoms with Gasteiger partial charge in [-0.05, 0) is 24.6 Å². The Kier molecular flexibility index (Phi) is 4.26. The normalized spacial score (nSPS) is 9.13. The first-order valence-corrected chi connectivity index (χ1v) is 4.52. The highest BCUT2D eigenvalue weighted by molar-refractivity contribution is 5.81. The molecule has 0 N–H and O–H groups in total. The Morgan fingerprint density at radius 1 is 1.53 bits per heavy atom. The molecule has 0 radical (unpaired) electrons. The molecule has 0 aromatic heterocycles. The summed E-state index contributed by atoms with van der Waals surface area (Å²) >= 11 is 0. The van der Waals surface area contributed by atoms with Crippen molar-refractivity contribution in [2.45, 2.75) is 13.3 Å². The summed E-state index contributed by atoms with van der Waals surface area (Å²) in [5.74, 6) is 0.190. The molecule has 0 saturated carbocycles. The first-order valence-electron chi connectivity index (χ1n) is 4.52. The number of ether oxygens (including phenoxy) is 1. The number of hydrogen-bond donors (Lipinski definition) is 0.